The van der Waals surface area contributed by atoms with Crippen molar-refractivity contribution in [3.63, 3.8) is 0 Å². The lowest BCUT2D eigenvalue weighted by Crippen LogP contribution is -2.31. The highest BCUT2D eigenvalue weighted by molar-refractivity contribution is 5.57. The van der Waals surface area contributed by atoms with Gasteiger partial charge in [-0.2, -0.15) is 0 Å². The molecule has 1 heterocycles. The van der Waals surface area contributed by atoms with Crippen LogP contribution in [0, 0.1) is 0 Å². The van der Waals surface area contributed by atoms with Crippen LogP contribution in [0.1, 0.15) is 38.2 Å². The van der Waals surface area contributed by atoms with Crippen molar-refractivity contribution < 1.29 is 5.11 Å². The maximum atomic E-state index is 10.1. The summed E-state index contributed by atoms with van der Waals surface area (Å²) in [6.07, 6.45) is 4.74. The normalized spacial score (nSPS) is 23.1. The monoisotopic (exact) mass is 246 g/mol. The Morgan fingerprint density at radius 1 is 1.28 bits per heavy atom. The van der Waals surface area contributed by atoms with E-state index in [1.807, 2.05) is 12.1 Å². The summed E-state index contributed by atoms with van der Waals surface area (Å²) in [4.78, 5) is 2.40. The lowest BCUT2D eigenvalue weighted by atomic mass is 9.88. The highest BCUT2D eigenvalue weighted by atomic mass is 16.3. The second-order valence-corrected chi connectivity index (χ2v) is 5.84. The van der Waals surface area contributed by atoms with Crippen molar-refractivity contribution in [2.24, 2.45) is 5.73 Å². The number of anilines is 1. The molecule has 1 saturated carbocycles. The molecule has 1 aliphatic carbocycles. The molecule has 3 rings (SSSR count). The number of benzene rings is 1. The predicted molar refractivity (Wildman–Crippen MR) is 74.1 cm³/mol. The van der Waals surface area contributed by atoms with E-state index in [4.69, 9.17) is 5.73 Å². The Hall–Kier alpha value is -1.22. The van der Waals surface area contributed by atoms with Crippen molar-refractivity contribution in [3.05, 3.63) is 23.8 Å². The van der Waals surface area contributed by atoms with E-state index in [0.717, 1.165) is 31.5 Å². The smallest absolute Gasteiger partial charge is 0.119 e. The Morgan fingerprint density at radius 2 is 1.94 bits per heavy atom. The molecule has 1 aromatic carbocycles. The van der Waals surface area contributed by atoms with E-state index in [-0.39, 0.29) is 11.5 Å². The molecule has 3 nitrogen and oxygen atoms in total. The number of phenolic OH excluding ortho intramolecular Hbond substituents is 1. The molecule has 1 aliphatic heterocycles. The Bertz CT molecular complexity index is 446. The summed E-state index contributed by atoms with van der Waals surface area (Å²) >= 11 is 0. The highest BCUT2D eigenvalue weighted by Crippen LogP contribution is 2.53. The lowest BCUT2D eigenvalue weighted by Gasteiger charge is -2.24. The first-order chi connectivity index (χ1) is 8.63. The van der Waals surface area contributed by atoms with Gasteiger partial charge in [-0.3, -0.25) is 0 Å². The minimum atomic E-state index is 0.0276. The first kappa shape index (κ1) is 11.8. The summed E-state index contributed by atoms with van der Waals surface area (Å²) in [7, 11) is 0. The van der Waals surface area contributed by atoms with Crippen LogP contribution < -0.4 is 10.6 Å². The molecule has 0 bridgehead atoms. The van der Waals surface area contributed by atoms with Crippen LogP contribution in [0.3, 0.4) is 0 Å². The number of nitrogens with zero attached hydrogens (tertiary/aromatic N) is 1. The number of aromatic hydroxyl groups is 1. The zero-order valence-corrected chi connectivity index (χ0v) is 11.0. The standard InChI is InChI=1S/C15H22N2O/c1-11(16)15(6-7-15)13-10-12(4-5-14(13)18)17-8-2-3-9-17/h4-5,10-11,18H,2-3,6-9,16H2,1H3. The highest BCUT2D eigenvalue weighted by Gasteiger charge is 2.49. The van der Waals surface area contributed by atoms with Crippen molar-refractivity contribution in [1.29, 1.82) is 0 Å². The van der Waals surface area contributed by atoms with Crippen LogP contribution in [-0.4, -0.2) is 24.2 Å². The van der Waals surface area contributed by atoms with Crippen LogP contribution in [0.15, 0.2) is 18.2 Å². The van der Waals surface area contributed by atoms with Gasteiger partial charge in [-0.25, -0.2) is 0 Å². The van der Waals surface area contributed by atoms with Crippen molar-refractivity contribution >= 4 is 5.69 Å². The summed E-state index contributed by atoms with van der Waals surface area (Å²) in [6.45, 7) is 4.32. The number of rotatable bonds is 3. The SMILES string of the molecule is CC(N)C1(c2cc(N3CCCC3)ccc2O)CC1. The first-order valence-electron chi connectivity index (χ1n) is 6.97. The fourth-order valence-electron chi connectivity index (χ4n) is 3.20. The minimum Gasteiger partial charge on any atom is -0.508 e. The van der Waals surface area contributed by atoms with Crippen molar-refractivity contribution in [2.45, 2.75) is 44.1 Å². The average molecular weight is 246 g/mol. The molecule has 0 aromatic heterocycles. The molecule has 98 valence electrons. The Morgan fingerprint density at radius 3 is 2.50 bits per heavy atom. The van der Waals surface area contributed by atoms with Gasteiger partial charge in [0.15, 0.2) is 0 Å². The van der Waals surface area contributed by atoms with Crippen LogP contribution >= 0.6 is 0 Å². The van der Waals surface area contributed by atoms with E-state index in [2.05, 4.69) is 17.9 Å². The molecule has 1 unspecified atom stereocenters. The first-order valence-corrected chi connectivity index (χ1v) is 6.97. The molecule has 2 fully saturated rings. The summed E-state index contributed by atoms with van der Waals surface area (Å²) in [5.74, 6) is 0.410. The molecule has 3 N–H and O–H groups in total. The van der Waals surface area contributed by atoms with E-state index in [1.165, 1.54) is 18.5 Å². The van der Waals surface area contributed by atoms with Gasteiger partial charge in [-0.1, -0.05) is 0 Å². The van der Waals surface area contributed by atoms with Gasteiger partial charge in [-0.05, 0) is 50.8 Å². The maximum Gasteiger partial charge on any atom is 0.119 e. The minimum absolute atomic E-state index is 0.0276. The third kappa shape index (κ3) is 1.77. The van der Waals surface area contributed by atoms with Crippen molar-refractivity contribution in [3.8, 4) is 5.75 Å². The predicted octanol–water partition coefficient (Wildman–Crippen LogP) is 2.37. The van der Waals surface area contributed by atoms with Crippen LogP contribution in [0.5, 0.6) is 5.75 Å². The van der Waals surface area contributed by atoms with Gasteiger partial charge >= 0.3 is 0 Å². The van der Waals surface area contributed by atoms with Crippen molar-refractivity contribution in [1.82, 2.24) is 0 Å². The molecule has 0 spiro atoms. The van der Waals surface area contributed by atoms with Gasteiger partial charge in [0.05, 0.1) is 0 Å². The molecule has 2 aliphatic rings. The number of phenols is 1. The molecule has 0 amide bonds. The Kier molecular flexibility index (Phi) is 2.74. The van der Waals surface area contributed by atoms with Gasteiger partial charge in [0.2, 0.25) is 0 Å². The third-order valence-electron chi connectivity index (χ3n) is 4.65. The summed E-state index contributed by atoms with van der Waals surface area (Å²) < 4.78 is 0. The molecule has 1 aromatic rings. The summed E-state index contributed by atoms with van der Waals surface area (Å²) in [6, 6.07) is 6.14. The quantitative estimate of drug-likeness (QED) is 0.861. The Balaban J connectivity index is 1.96. The van der Waals surface area contributed by atoms with Crippen LogP contribution in [0.4, 0.5) is 5.69 Å². The number of hydrogen-bond acceptors (Lipinski definition) is 3. The molecule has 1 saturated heterocycles. The van der Waals surface area contributed by atoms with E-state index in [9.17, 15) is 5.11 Å². The molecule has 1 atom stereocenters. The topological polar surface area (TPSA) is 49.5 Å². The van der Waals surface area contributed by atoms with Gasteiger partial charge < -0.3 is 15.7 Å². The number of nitrogens with two attached hydrogens (primary N) is 1. The van der Waals surface area contributed by atoms with Gasteiger partial charge in [0.1, 0.15) is 5.75 Å². The van der Waals surface area contributed by atoms with Gasteiger partial charge in [0, 0.05) is 35.8 Å². The summed E-state index contributed by atoms with van der Waals surface area (Å²) in [5.41, 5.74) is 8.44. The molecule has 3 heteroatoms. The van der Waals surface area contributed by atoms with Crippen LogP contribution in [0.2, 0.25) is 0 Å². The molecule has 18 heavy (non-hydrogen) atoms. The molecular formula is C15H22N2O. The third-order valence-corrected chi connectivity index (χ3v) is 4.65. The largest absolute Gasteiger partial charge is 0.508 e. The zero-order valence-electron chi connectivity index (χ0n) is 11.0. The van der Waals surface area contributed by atoms with Gasteiger partial charge in [-0.15, -0.1) is 0 Å². The summed E-state index contributed by atoms with van der Waals surface area (Å²) in [5, 5.41) is 10.1. The number of hydrogen-bond donors (Lipinski definition) is 2. The van der Waals surface area contributed by atoms with E-state index < -0.39 is 0 Å². The fourth-order valence-corrected chi connectivity index (χ4v) is 3.20. The zero-order chi connectivity index (χ0) is 12.8. The maximum absolute atomic E-state index is 10.1. The van der Waals surface area contributed by atoms with E-state index in [1.54, 1.807) is 0 Å². The van der Waals surface area contributed by atoms with Crippen molar-refractivity contribution in [2.75, 3.05) is 18.0 Å². The molecular weight excluding hydrogens is 224 g/mol. The second kappa shape index (κ2) is 4.16. The van der Waals surface area contributed by atoms with E-state index >= 15 is 0 Å². The fraction of sp³-hybridized carbons (Fsp3) is 0.600. The Labute approximate surface area is 109 Å². The van der Waals surface area contributed by atoms with E-state index in [0.29, 0.717) is 5.75 Å². The van der Waals surface area contributed by atoms with Gasteiger partial charge in [0.25, 0.3) is 0 Å². The molecule has 0 radical (unpaired) electrons. The average Bonchev–Trinajstić information content (AvgIpc) is 2.98. The van der Waals surface area contributed by atoms with Crippen LogP contribution in [-0.2, 0) is 5.41 Å². The van der Waals surface area contributed by atoms with Crippen LogP contribution in [0.25, 0.3) is 0 Å². The lowest BCUT2D eigenvalue weighted by molar-refractivity contribution is 0.446. The second-order valence-electron chi connectivity index (χ2n) is 5.84.